The van der Waals surface area contributed by atoms with E-state index in [-0.39, 0.29) is 0 Å². The molecule has 15 rings (SSSR count). The molecule has 0 aliphatic heterocycles. The van der Waals surface area contributed by atoms with Crippen LogP contribution in [0.1, 0.15) is 22.3 Å². The molecular formula is C69H43N. The van der Waals surface area contributed by atoms with E-state index in [1.54, 1.807) is 0 Å². The van der Waals surface area contributed by atoms with Crippen molar-refractivity contribution in [3.8, 4) is 22.3 Å². The highest BCUT2D eigenvalue weighted by molar-refractivity contribution is 6.37. The monoisotopic (exact) mass is 885 g/mol. The quantitative estimate of drug-likeness (QED) is 0.150. The molecule has 0 heterocycles. The molecule has 0 atom stereocenters. The van der Waals surface area contributed by atoms with Crippen LogP contribution in [0.2, 0.25) is 0 Å². The maximum absolute atomic E-state index is 2.55. The SMILES string of the molecule is c1ccc(C2(c3ccccc3)c3ccccc3-c3c(N(c4ccc(-c5cccc6ccccc56)cc4)c4cc5ccc6cccc7c8cccc9ccc%10cccc(c(c4)c5c67)c%10c98)cccc32)cc1. The summed E-state index contributed by atoms with van der Waals surface area (Å²) in [5.41, 5.74) is 12.8. The number of benzene rings is 13. The van der Waals surface area contributed by atoms with Gasteiger partial charge in [-0.15, -0.1) is 0 Å². The zero-order valence-electron chi connectivity index (χ0n) is 38.3. The molecule has 0 fully saturated rings. The Morgan fingerprint density at radius 2 is 0.743 bits per heavy atom. The Labute approximate surface area is 406 Å². The average molecular weight is 886 g/mol. The molecule has 1 aliphatic rings. The van der Waals surface area contributed by atoms with Gasteiger partial charge in [-0.05, 0) is 145 Å². The summed E-state index contributed by atoms with van der Waals surface area (Å²) in [5, 5.41) is 17.7. The number of anilines is 3. The van der Waals surface area contributed by atoms with Crippen molar-refractivity contribution in [2.24, 2.45) is 0 Å². The molecule has 0 saturated carbocycles. The molecule has 14 aromatic carbocycles. The molecule has 0 N–H and O–H groups in total. The summed E-state index contributed by atoms with van der Waals surface area (Å²) in [4.78, 5) is 2.55. The summed E-state index contributed by atoms with van der Waals surface area (Å²) in [6, 6.07) is 97.8. The summed E-state index contributed by atoms with van der Waals surface area (Å²) in [7, 11) is 0. The van der Waals surface area contributed by atoms with E-state index in [0.29, 0.717) is 0 Å². The van der Waals surface area contributed by atoms with Gasteiger partial charge in [-0.1, -0.05) is 231 Å². The zero-order valence-corrected chi connectivity index (χ0v) is 38.3. The molecule has 1 nitrogen and oxygen atoms in total. The molecule has 0 spiro atoms. The van der Waals surface area contributed by atoms with Crippen LogP contribution in [-0.2, 0) is 5.41 Å². The smallest absolute Gasteiger partial charge is 0.0714 e. The van der Waals surface area contributed by atoms with Crippen LogP contribution in [0.5, 0.6) is 0 Å². The summed E-state index contributed by atoms with van der Waals surface area (Å²) in [6.07, 6.45) is 0. The van der Waals surface area contributed by atoms with E-state index in [1.807, 2.05) is 0 Å². The minimum absolute atomic E-state index is 0.545. The van der Waals surface area contributed by atoms with Gasteiger partial charge in [0.2, 0.25) is 0 Å². The van der Waals surface area contributed by atoms with Crippen LogP contribution in [0.15, 0.2) is 261 Å². The minimum Gasteiger partial charge on any atom is -0.310 e. The highest BCUT2D eigenvalue weighted by Gasteiger charge is 2.47. The van der Waals surface area contributed by atoms with Crippen molar-refractivity contribution in [1.29, 1.82) is 0 Å². The van der Waals surface area contributed by atoms with Crippen LogP contribution in [0.4, 0.5) is 17.1 Å². The van der Waals surface area contributed by atoms with E-state index < -0.39 is 5.41 Å². The van der Waals surface area contributed by atoms with E-state index in [1.165, 1.54) is 120 Å². The lowest BCUT2D eigenvalue weighted by atomic mass is 9.68. The van der Waals surface area contributed by atoms with Gasteiger partial charge in [0, 0.05) is 16.9 Å². The maximum Gasteiger partial charge on any atom is 0.0714 e. The van der Waals surface area contributed by atoms with Crippen LogP contribution >= 0.6 is 0 Å². The predicted octanol–water partition coefficient (Wildman–Crippen LogP) is 18.7. The van der Waals surface area contributed by atoms with Gasteiger partial charge in [0.25, 0.3) is 0 Å². The van der Waals surface area contributed by atoms with Crippen LogP contribution in [0.3, 0.4) is 0 Å². The molecule has 0 amide bonds. The van der Waals surface area contributed by atoms with Crippen molar-refractivity contribution in [2.45, 2.75) is 5.41 Å². The van der Waals surface area contributed by atoms with Crippen LogP contribution in [0.25, 0.3) is 97.7 Å². The van der Waals surface area contributed by atoms with Gasteiger partial charge in [-0.3, -0.25) is 0 Å². The first kappa shape index (κ1) is 39.0. The second-order valence-electron chi connectivity index (χ2n) is 19.1. The third-order valence-corrected chi connectivity index (χ3v) is 15.6. The lowest BCUT2D eigenvalue weighted by molar-refractivity contribution is 0.768. The Hall–Kier alpha value is -9.04. The van der Waals surface area contributed by atoms with Crippen molar-refractivity contribution >= 4 is 92.5 Å². The molecule has 14 aromatic rings. The van der Waals surface area contributed by atoms with Crippen molar-refractivity contribution in [1.82, 2.24) is 0 Å². The molecule has 1 heteroatoms. The molecule has 324 valence electrons. The van der Waals surface area contributed by atoms with Gasteiger partial charge in [0.1, 0.15) is 0 Å². The molecule has 70 heavy (non-hydrogen) atoms. The number of rotatable bonds is 6. The number of hydrogen-bond acceptors (Lipinski definition) is 1. The van der Waals surface area contributed by atoms with Crippen LogP contribution in [-0.4, -0.2) is 0 Å². The van der Waals surface area contributed by atoms with Crippen molar-refractivity contribution in [3.05, 3.63) is 283 Å². The fourth-order valence-corrected chi connectivity index (χ4v) is 12.8. The normalized spacial score (nSPS) is 13.0. The third-order valence-electron chi connectivity index (χ3n) is 15.6. The van der Waals surface area contributed by atoms with Gasteiger partial charge >= 0.3 is 0 Å². The molecular weight excluding hydrogens is 843 g/mol. The lowest BCUT2D eigenvalue weighted by Crippen LogP contribution is -2.28. The number of hydrogen-bond donors (Lipinski definition) is 0. The van der Waals surface area contributed by atoms with Crippen LogP contribution < -0.4 is 4.90 Å². The highest BCUT2D eigenvalue weighted by Crippen LogP contribution is 2.60. The lowest BCUT2D eigenvalue weighted by Gasteiger charge is -2.34. The molecule has 0 saturated heterocycles. The standard InChI is InChI=1S/C69H43N/c1-3-21-50(22-4-1)69(51-23-5-2-6-24-51)61-31-10-9-26-59(61)68-62(69)32-15-33-63(68)70(52-40-38-45(39-41-52)55-27-11-17-44-16-7-8-25-54(44)55)53-42-49-37-36-48-19-13-29-57-56-28-12-18-46-34-35-47-20-14-30-58(66(47)64(46)56)60(43-53)67(49)65(48)57/h1-43H. The van der Waals surface area contributed by atoms with Crippen molar-refractivity contribution < 1.29 is 0 Å². The Morgan fingerprint density at radius 3 is 1.41 bits per heavy atom. The fraction of sp³-hybridized carbons (Fsp3) is 0.0145. The number of fused-ring (bicyclic) bond motifs is 6. The van der Waals surface area contributed by atoms with E-state index in [4.69, 9.17) is 0 Å². The molecule has 0 unspecified atom stereocenters. The Morgan fingerprint density at radius 1 is 0.271 bits per heavy atom. The highest BCUT2D eigenvalue weighted by atomic mass is 15.1. The maximum atomic E-state index is 2.55. The van der Waals surface area contributed by atoms with Gasteiger partial charge in [-0.25, -0.2) is 0 Å². The summed E-state index contributed by atoms with van der Waals surface area (Å²) in [5.74, 6) is 0. The van der Waals surface area contributed by atoms with Gasteiger partial charge < -0.3 is 4.90 Å². The minimum atomic E-state index is -0.545. The summed E-state index contributed by atoms with van der Waals surface area (Å²) >= 11 is 0. The summed E-state index contributed by atoms with van der Waals surface area (Å²) < 4.78 is 0. The van der Waals surface area contributed by atoms with Crippen molar-refractivity contribution in [2.75, 3.05) is 4.90 Å². The average Bonchev–Trinajstić information content (AvgIpc) is 3.74. The fourth-order valence-electron chi connectivity index (χ4n) is 12.8. The molecule has 0 aromatic heterocycles. The topological polar surface area (TPSA) is 3.24 Å². The first-order valence-electron chi connectivity index (χ1n) is 24.4. The van der Waals surface area contributed by atoms with Gasteiger partial charge in [0.05, 0.1) is 11.1 Å². The van der Waals surface area contributed by atoms with E-state index in [9.17, 15) is 0 Å². The van der Waals surface area contributed by atoms with E-state index in [2.05, 4.69) is 266 Å². The summed E-state index contributed by atoms with van der Waals surface area (Å²) in [6.45, 7) is 0. The zero-order chi connectivity index (χ0) is 45.9. The van der Waals surface area contributed by atoms with Gasteiger partial charge in [-0.2, -0.15) is 0 Å². The first-order chi connectivity index (χ1) is 34.7. The third kappa shape index (κ3) is 5.43. The Balaban J connectivity index is 1.07. The van der Waals surface area contributed by atoms with E-state index in [0.717, 1.165) is 17.1 Å². The van der Waals surface area contributed by atoms with Gasteiger partial charge in [0.15, 0.2) is 0 Å². The van der Waals surface area contributed by atoms with Crippen molar-refractivity contribution in [3.63, 3.8) is 0 Å². The predicted molar refractivity (Wildman–Crippen MR) is 298 cm³/mol. The van der Waals surface area contributed by atoms with Crippen LogP contribution in [0, 0.1) is 0 Å². The molecule has 0 radical (unpaired) electrons. The van der Waals surface area contributed by atoms with E-state index >= 15 is 0 Å². The largest absolute Gasteiger partial charge is 0.310 e. The molecule has 0 bridgehead atoms. The number of nitrogens with zero attached hydrogens (tertiary/aromatic N) is 1. The molecule has 1 aliphatic carbocycles. The second-order valence-corrected chi connectivity index (χ2v) is 19.1. The second kappa shape index (κ2) is 15.0. The Bertz CT molecular complexity index is 4350. The first-order valence-corrected chi connectivity index (χ1v) is 24.4. The Kier molecular flexibility index (Phi) is 8.35.